The standard InChI is InChI=1S/C11H13ClN2O2/c1-3-16-11(15)10(12)14-13-9-6-4-5-8(2)7-9/h4-7,13H,3H2,1-2H3/b14-10+. The molecule has 0 fully saturated rings. The molecule has 0 aliphatic carbocycles. The van der Waals surface area contributed by atoms with Crippen LogP contribution in [0.25, 0.3) is 0 Å². The number of halogens is 1. The van der Waals surface area contributed by atoms with Crippen molar-refractivity contribution in [2.75, 3.05) is 12.0 Å². The van der Waals surface area contributed by atoms with Crippen molar-refractivity contribution in [2.24, 2.45) is 5.10 Å². The number of rotatable bonds is 4. The summed E-state index contributed by atoms with van der Waals surface area (Å²) in [4.78, 5) is 11.1. The van der Waals surface area contributed by atoms with E-state index in [2.05, 4.69) is 15.3 Å². The molecule has 1 rings (SSSR count). The van der Waals surface area contributed by atoms with E-state index in [0.29, 0.717) is 0 Å². The van der Waals surface area contributed by atoms with Gasteiger partial charge in [-0.05, 0) is 31.5 Å². The van der Waals surface area contributed by atoms with Crippen molar-refractivity contribution < 1.29 is 9.53 Å². The van der Waals surface area contributed by atoms with Crippen LogP contribution in [0.5, 0.6) is 0 Å². The SMILES string of the molecule is CCOC(=O)/C(Cl)=N\Nc1cccc(C)c1. The predicted octanol–water partition coefficient (Wildman–Crippen LogP) is 2.52. The fourth-order valence-corrected chi connectivity index (χ4v) is 1.16. The van der Waals surface area contributed by atoms with Gasteiger partial charge in [0.25, 0.3) is 0 Å². The van der Waals surface area contributed by atoms with Crippen molar-refractivity contribution in [3.05, 3.63) is 29.8 Å². The van der Waals surface area contributed by atoms with Crippen LogP contribution in [0.4, 0.5) is 5.69 Å². The van der Waals surface area contributed by atoms with E-state index in [-0.39, 0.29) is 11.8 Å². The third-order valence-corrected chi connectivity index (χ3v) is 1.98. The van der Waals surface area contributed by atoms with Gasteiger partial charge in [0.15, 0.2) is 0 Å². The lowest BCUT2D eigenvalue weighted by Gasteiger charge is -2.02. The molecule has 86 valence electrons. The first-order valence-electron chi connectivity index (χ1n) is 4.86. The van der Waals surface area contributed by atoms with E-state index in [0.717, 1.165) is 11.3 Å². The van der Waals surface area contributed by atoms with E-state index in [9.17, 15) is 4.79 Å². The Morgan fingerprint density at radius 1 is 1.56 bits per heavy atom. The number of hydrogen-bond donors (Lipinski definition) is 1. The van der Waals surface area contributed by atoms with Gasteiger partial charge in [-0.2, -0.15) is 5.10 Å². The van der Waals surface area contributed by atoms with Crippen LogP contribution in [-0.2, 0) is 9.53 Å². The van der Waals surface area contributed by atoms with Gasteiger partial charge in [0.2, 0.25) is 5.17 Å². The molecule has 0 saturated heterocycles. The van der Waals surface area contributed by atoms with Crippen molar-refractivity contribution in [3.8, 4) is 0 Å². The Hall–Kier alpha value is -1.55. The molecule has 0 bridgehead atoms. The lowest BCUT2D eigenvalue weighted by molar-refractivity contribution is -0.134. The molecule has 0 saturated carbocycles. The van der Waals surface area contributed by atoms with Crippen LogP contribution in [0, 0.1) is 6.92 Å². The van der Waals surface area contributed by atoms with Gasteiger partial charge in [0.1, 0.15) is 0 Å². The average Bonchev–Trinajstić information content (AvgIpc) is 2.26. The number of aryl methyl sites for hydroxylation is 1. The fourth-order valence-electron chi connectivity index (χ4n) is 1.06. The summed E-state index contributed by atoms with van der Waals surface area (Å²) in [5.41, 5.74) is 4.54. The van der Waals surface area contributed by atoms with Crippen LogP contribution < -0.4 is 5.43 Å². The van der Waals surface area contributed by atoms with E-state index in [4.69, 9.17) is 11.6 Å². The molecule has 0 aliphatic heterocycles. The first-order chi connectivity index (χ1) is 7.63. The predicted molar refractivity (Wildman–Crippen MR) is 64.7 cm³/mol. The summed E-state index contributed by atoms with van der Waals surface area (Å²) in [6, 6.07) is 7.55. The monoisotopic (exact) mass is 240 g/mol. The number of hydrogen-bond acceptors (Lipinski definition) is 4. The summed E-state index contributed by atoms with van der Waals surface area (Å²) < 4.78 is 4.67. The van der Waals surface area contributed by atoms with Gasteiger partial charge >= 0.3 is 5.97 Å². The van der Waals surface area contributed by atoms with Crippen LogP contribution in [-0.4, -0.2) is 17.7 Å². The fraction of sp³-hybridized carbons (Fsp3) is 0.273. The summed E-state index contributed by atoms with van der Waals surface area (Å²) in [5, 5.41) is 3.49. The number of carbonyl (C=O) groups excluding carboxylic acids is 1. The van der Waals surface area contributed by atoms with Gasteiger partial charge < -0.3 is 4.74 Å². The van der Waals surface area contributed by atoms with Crippen molar-refractivity contribution in [2.45, 2.75) is 13.8 Å². The van der Waals surface area contributed by atoms with E-state index in [1.807, 2.05) is 31.2 Å². The largest absolute Gasteiger partial charge is 0.461 e. The lowest BCUT2D eigenvalue weighted by Crippen LogP contribution is -2.13. The molecule has 5 heteroatoms. The Bertz CT molecular complexity index is 405. The zero-order valence-electron chi connectivity index (χ0n) is 9.16. The maximum absolute atomic E-state index is 11.1. The molecule has 0 amide bonds. The van der Waals surface area contributed by atoms with E-state index >= 15 is 0 Å². The molecule has 4 nitrogen and oxygen atoms in total. The third-order valence-electron chi connectivity index (χ3n) is 1.75. The maximum atomic E-state index is 11.1. The average molecular weight is 241 g/mol. The summed E-state index contributed by atoms with van der Waals surface area (Å²) in [6.07, 6.45) is 0. The van der Waals surface area contributed by atoms with Gasteiger partial charge in [0, 0.05) is 0 Å². The minimum Gasteiger partial charge on any atom is -0.461 e. The van der Waals surface area contributed by atoms with Crippen molar-refractivity contribution in [1.29, 1.82) is 0 Å². The number of esters is 1. The topological polar surface area (TPSA) is 50.7 Å². The highest BCUT2D eigenvalue weighted by atomic mass is 35.5. The normalized spacial score (nSPS) is 11.1. The minimum absolute atomic E-state index is 0.219. The molecule has 0 radical (unpaired) electrons. The van der Waals surface area contributed by atoms with Gasteiger partial charge in [-0.15, -0.1) is 0 Å². The molecule has 0 spiro atoms. The molecular formula is C11H13ClN2O2. The van der Waals surface area contributed by atoms with Gasteiger partial charge in [-0.1, -0.05) is 23.7 Å². The number of nitrogens with zero attached hydrogens (tertiary/aromatic N) is 1. The molecule has 0 aliphatic rings. The molecule has 0 atom stereocenters. The molecule has 16 heavy (non-hydrogen) atoms. The maximum Gasteiger partial charge on any atom is 0.370 e. The smallest absolute Gasteiger partial charge is 0.370 e. The Labute approximate surface area is 99.2 Å². The zero-order valence-corrected chi connectivity index (χ0v) is 9.91. The van der Waals surface area contributed by atoms with Gasteiger partial charge in [0.05, 0.1) is 12.3 Å². The number of benzene rings is 1. The van der Waals surface area contributed by atoms with E-state index in [1.165, 1.54) is 0 Å². The van der Waals surface area contributed by atoms with Crippen LogP contribution in [0.2, 0.25) is 0 Å². The second-order valence-electron chi connectivity index (χ2n) is 3.10. The Morgan fingerprint density at radius 2 is 2.31 bits per heavy atom. The summed E-state index contributed by atoms with van der Waals surface area (Å²) in [5.74, 6) is -0.635. The van der Waals surface area contributed by atoms with Crippen LogP contribution >= 0.6 is 11.6 Å². The molecule has 1 aromatic rings. The number of ether oxygens (including phenoxy) is 1. The second kappa shape index (κ2) is 6.12. The molecular weight excluding hydrogens is 228 g/mol. The summed E-state index contributed by atoms with van der Waals surface area (Å²) in [7, 11) is 0. The highest BCUT2D eigenvalue weighted by Gasteiger charge is 2.08. The molecule has 0 heterocycles. The number of nitrogens with one attached hydrogen (secondary N) is 1. The Kier molecular flexibility index (Phi) is 4.79. The molecule has 1 N–H and O–H groups in total. The first-order valence-corrected chi connectivity index (χ1v) is 5.24. The zero-order chi connectivity index (χ0) is 12.0. The van der Waals surface area contributed by atoms with Crippen molar-refractivity contribution in [1.82, 2.24) is 0 Å². The lowest BCUT2D eigenvalue weighted by atomic mass is 10.2. The molecule has 0 aromatic heterocycles. The van der Waals surface area contributed by atoms with Gasteiger partial charge in [-0.3, -0.25) is 5.43 Å². The van der Waals surface area contributed by atoms with Gasteiger partial charge in [-0.25, -0.2) is 4.79 Å². The Morgan fingerprint density at radius 3 is 2.94 bits per heavy atom. The van der Waals surface area contributed by atoms with Crippen LogP contribution in [0.3, 0.4) is 0 Å². The van der Waals surface area contributed by atoms with Crippen LogP contribution in [0.15, 0.2) is 29.4 Å². The molecule has 0 unspecified atom stereocenters. The highest BCUT2D eigenvalue weighted by molar-refractivity contribution is 6.82. The first kappa shape index (κ1) is 12.5. The Balaban J connectivity index is 2.62. The van der Waals surface area contributed by atoms with Crippen molar-refractivity contribution in [3.63, 3.8) is 0 Å². The minimum atomic E-state index is -0.635. The number of hydrazone groups is 1. The van der Waals surface area contributed by atoms with Crippen LogP contribution in [0.1, 0.15) is 12.5 Å². The number of carbonyl (C=O) groups is 1. The van der Waals surface area contributed by atoms with Crippen molar-refractivity contribution >= 4 is 28.4 Å². The quantitative estimate of drug-likeness (QED) is 0.500. The van der Waals surface area contributed by atoms with E-state index in [1.54, 1.807) is 6.92 Å². The van der Waals surface area contributed by atoms with E-state index < -0.39 is 5.97 Å². The third kappa shape index (κ3) is 3.90. The number of anilines is 1. The molecule has 1 aromatic carbocycles. The summed E-state index contributed by atoms with van der Waals surface area (Å²) in [6.45, 7) is 3.94. The highest BCUT2D eigenvalue weighted by Crippen LogP contribution is 2.09. The summed E-state index contributed by atoms with van der Waals surface area (Å²) >= 11 is 5.61. The second-order valence-corrected chi connectivity index (χ2v) is 3.46.